The zero-order chi connectivity index (χ0) is 14.8. The minimum absolute atomic E-state index is 0.320. The molecule has 108 valence electrons. The summed E-state index contributed by atoms with van der Waals surface area (Å²) in [6.45, 7) is 0. The molecular formula is C13H17N3O2S2. The number of imidazole rings is 1. The molecule has 2 aromatic rings. The van der Waals surface area contributed by atoms with Gasteiger partial charge in [-0.25, -0.2) is 17.7 Å². The molecule has 1 aromatic heterocycles. The highest BCUT2D eigenvalue weighted by Crippen LogP contribution is 2.22. The molecule has 0 amide bonds. The maximum Gasteiger partial charge on any atom is 0.242 e. The summed E-state index contributed by atoms with van der Waals surface area (Å²) >= 11 is 1.58. The average molecular weight is 311 g/mol. The molecule has 5 nitrogen and oxygen atoms in total. The number of thioether (sulfide) groups is 1. The van der Waals surface area contributed by atoms with Gasteiger partial charge in [0.1, 0.15) is 0 Å². The van der Waals surface area contributed by atoms with E-state index >= 15 is 0 Å². The maximum absolute atomic E-state index is 12.1. The summed E-state index contributed by atoms with van der Waals surface area (Å²) in [5.74, 6) is 0.682. The van der Waals surface area contributed by atoms with Gasteiger partial charge in [0.05, 0.1) is 4.90 Å². The summed E-state index contributed by atoms with van der Waals surface area (Å²) in [7, 11) is 1.62. The lowest BCUT2D eigenvalue weighted by atomic mass is 10.2. The topological polar surface area (TPSA) is 55.2 Å². The van der Waals surface area contributed by atoms with Crippen LogP contribution in [0.25, 0.3) is 0 Å². The maximum atomic E-state index is 12.1. The van der Waals surface area contributed by atoms with Gasteiger partial charge in [-0.15, -0.1) is 0 Å². The molecule has 0 fully saturated rings. The van der Waals surface area contributed by atoms with Crippen LogP contribution in [0.1, 0.15) is 5.56 Å². The van der Waals surface area contributed by atoms with Crippen LogP contribution in [0.5, 0.6) is 0 Å². The van der Waals surface area contributed by atoms with E-state index < -0.39 is 10.0 Å². The third-order valence-electron chi connectivity index (χ3n) is 2.82. The third kappa shape index (κ3) is 3.23. The Labute approximate surface area is 123 Å². The van der Waals surface area contributed by atoms with Crippen molar-refractivity contribution in [3.63, 3.8) is 0 Å². The minimum Gasteiger partial charge on any atom is -0.329 e. The van der Waals surface area contributed by atoms with Crippen LogP contribution in [0.2, 0.25) is 0 Å². The number of nitrogens with zero attached hydrogens (tertiary/aromatic N) is 3. The van der Waals surface area contributed by atoms with Crippen LogP contribution in [-0.4, -0.2) is 36.4 Å². The van der Waals surface area contributed by atoms with E-state index in [1.807, 2.05) is 23.9 Å². The highest BCUT2D eigenvalue weighted by atomic mass is 32.2. The molecule has 0 aliphatic heterocycles. The van der Waals surface area contributed by atoms with Gasteiger partial charge in [-0.2, -0.15) is 0 Å². The first-order valence-corrected chi connectivity index (χ1v) is 8.45. The first kappa shape index (κ1) is 15.1. The summed E-state index contributed by atoms with van der Waals surface area (Å²) < 4.78 is 27.3. The van der Waals surface area contributed by atoms with Crippen LogP contribution in [0.4, 0.5) is 0 Å². The SMILES string of the molecule is CN(C)S(=O)(=O)c1cccc(CSc2nccn2C)c1. The molecule has 7 heteroatoms. The zero-order valence-electron chi connectivity index (χ0n) is 11.6. The predicted molar refractivity (Wildman–Crippen MR) is 80.1 cm³/mol. The van der Waals surface area contributed by atoms with E-state index in [1.165, 1.54) is 18.4 Å². The van der Waals surface area contributed by atoms with E-state index in [1.54, 1.807) is 36.2 Å². The fourth-order valence-corrected chi connectivity index (χ4v) is 3.49. The van der Waals surface area contributed by atoms with Crippen molar-refractivity contribution < 1.29 is 8.42 Å². The number of rotatable bonds is 5. The molecule has 0 atom stereocenters. The Morgan fingerprint density at radius 1 is 1.35 bits per heavy atom. The van der Waals surface area contributed by atoms with Crippen molar-refractivity contribution in [1.29, 1.82) is 0 Å². The summed E-state index contributed by atoms with van der Waals surface area (Å²) in [6, 6.07) is 7.02. The van der Waals surface area contributed by atoms with Crippen molar-refractivity contribution in [1.82, 2.24) is 13.9 Å². The molecule has 0 radical (unpaired) electrons. The molecule has 20 heavy (non-hydrogen) atoms. The first-order chi connectivity index (χ1) is 9.41. The highest BCUT2D eigenvalue weighted by Gasteiger charge is 2.17. The smallest absolute Gasteiger partial charge is 0.242 e. The molecule has 0 saturated heterocycles. The molecule has 1 heterocycles. The van der Waals surface area contributed by atoms with E-state index in [-0.39, 0.29) is 0 Å². The Morgan fingerprint density at radius 3 is 2.70 bits per heavy atom. The van der Waals surface area contributed by atoms with Gasteiger partial charge in [0.2, 0.25) is 10.0 Å². The average Bonchev–Trinajstić information content (AvgIpc) is 2.82. The molecule has 0 saturated carbocycles. The Kier molecular flexibility index (Phi) is 4.52. The molecule has 2 rings (SSSR count). The normalized spacial score (nSPS) is 12.0. The standard InChI is InChI=1S/C13H17N3O2S2/c1-15(2)20(17,18)12-6-4-5-11(9-12)10-19-13-14-7-8-16(13)3/h4-9H,10H2,1-3H3. The lowest BCUT2D eigenvalue weighted by Crippen LogP contribution is -2.22. The predicted octanol–water partition coefficient (Wildman–Crippen LogP) is 1.96. The van der Waals surface area contributed by atoms with Gasteiger partial charge in [-0.1, -0.05) is 23.9 Å². The lowest BCUT2D eigenvalue weighted by Gasteiger charge is -2.12. The monoisotopic (exact) mass is 311 g/mol. The number of aromatic nitrogens is 2. The number of sulfonamides is 1. The molecule has 0 aliphatic rings. The van der Waals surface area contributed by atoms with Crippen LogP contribution in [0, 0.1) is 0 Å². The number of benzene rings is 1. The zero-order valence-corrected chi connectivity index (χ0v) is 13.3. The summed E-state index contributed by atoms with van der Waals surface area (Å²) in [5, 5.41) is 0.908. The van der Waals surface area contributed by atoms with E-state index in [2.05, 4.69) is 4.98 Å². The van der Waals surface area contributed by atoms with Gasteiger partial charge >= 0.3 is 0 Å². The van der Waals surface area contributed by atoms with E-state index in [9.17, 15) is 8.42 Å². The second-order valence-electron chi connectivity index (χ2n) is 4.54. The molecule has 0 N–H and O–H groups in total. The molecule has 0 spiro atoms. The minimum atomic E-state index is -3.38. The Balaban J connectivity index is 2.17. The molecule has 1 aromatic carbocycles. The van der Waals surface area contributed by atoms with Crippen molar-refractivity contribution in [2.24, 2.45) is 7.05 Å². The van der Waals surface area contributed by atoms with Crippen LogP contribution >= 0.6 is 11.8 Å². The van der Waals surface area contributed by atoms with Crippen molar-refractivity contribution in [2.45, 2.75) is 15.8 Å². The van der Waals surface area contributed by atoms with Crippen molar-refractivity contribution in [3.05, 3.63) is 42.2 Å². The van der Waals surface area contributed by atoms with Gasteiger partial charge in [0.25, 0.3) is 0 Å². The van der Waals surface area contributed by atoms with Gasteiger partial charge < -0.3 is 4.57 Å². The van der Waals surface area contributed by atoms with Gasteiger partial charge in [-0.3, -0.25) is 0 Å². The van der Waals surface area contributed by atoms with E-state index in [4.69, 9.17) is 0 Å². The summed E-state index contributed by atoms with van der Waals surface area (Å²) in [6.07, 6.45) is 3.63. The van der Waals surface area contributed by atoms with Crippen molar-refractivity contribution >= 4 is 21.8 Å². The van der Waals surface area contributed by atoms with Gasteiger partial charge in [0, 0.05) is 39.3 Å². The van der Waals surface area contributed by atoms with E-state index in [0.29, 0.717) is 10.6 Å². The fourth-order valence-electron chi connectivity index (χ4n) is 1.65. The van der Waals surface area contributed by atoms with Gasteiger partial charge in [-0.05, 0) is 17.7 Å². The summed E-state index contributed by atoms with van der Waals surface area (Å²) in [4.78, 5) is 4.55. The number of aryl methyl sites for hydroxylation is 1. The first-order valence-electron chi connectivity index (χ1n) is 6.03. The van der Waals surface area contributed by atoms with Crippen LogP contribution < -0.4 is 0 Å². The second-order valence-corrected chi connectivity index (χ2v) is 7.64. The van der Waals surface area contributed by atoms with Crippen LogP contribution in [0.15, 0.2) is 46.7 Å². The Hall–Kier alpha value is -1.31. The molecular weight excluding hydrogens is 294 g/mol. The largest absolute Gasteiger partial charge is 0.329 e. The molecule has 0 unspecified atom stereocenters. The van der Waals surface area contributed by atoms with Gasteiger partial charge in [0.15, 0.2) is 5.16 Å². The number of hydrogen-bond donors (Lipinski definition) is 0. The highest BCUT2D eigenvalue weighted by molar-refractivity contribution is 7.98. The van der Waals surface area contributed by atoms with Crippen molar-refractivity contribution in [3.8, 4) is 0 Å². The third-order valence-corrected chi connectivity index (χ3v) is 5.76. The van der Waals surface area contributed by atoms with Crippen LogP contribution in [0.3, 0.4) is 0 Å². The second kappa shape index (κ2) is 5.99. The van der Waals surface area contributed by atoms with Crippen LogP contribution in [-0.2, 0) is 22.8 Å². The summed E-state index contributed by atoms with van der Waals surface area (Å²) in [5.41, 5.74) is 0.959. The Morgan fingerprint density at radius 2 is 2.10 bits per heavy atom. The van der Waals surface area contributed by atoms with E-state index in [0.717, 1.165) is 10.7 Å². The Bertz CT molecular complexity index is 693. The lowest BCUT2D eigenvalue weighted by molar-refractivity contribution is 0.520. The molecule has 0 aliphatic carbocycles. The van der Waals surface area contributed by atoms with Crippen molar-refractivity contribution in [2.75, 3.05) is 14.1 Å². The molecule has 0 bridgehead atoms. The quantitative estimate of drug-likeness (QED) is 0.792. The number of hydrogen-bond acceptors (Lipinski definition) is 4. The fraction of sp³-hybridized carbons (Fsp3) is 0.308.